The third-order valence-electron chi connectivity index (χ3n) is 7.39. The molecule has 212 valence electrons. The van der Waals surface area contributed by atoms with Crippen molar-refractivity contribution >= 4 is 59.9 Å². The number of hydrogen-bond acceptors (Lipinski definition) is 6. The van der Waals surface area contributed by atoms with Crippen molar-refractivity contribution in [2.75, 3.05) is 18.1 Å². The fourth-order valence-corrected chi connectivity index (χ4v) is 7.49. The molecule has 3 aromatic heterocycles. The van der Waals surface area contributed by atoms with Crippen LogP contribution < -0.4 is 14.4 Å². The molecule has 0 saturated carbocycles. The van der Waals surface area contributed by atoms with Crippen molar-refractivity contribution in [1.82, 2.24) is 4.98 Å². The lowest BCUT2D eigenvalue weighted by Crippen LogP contribution is -2.10. The van der Waals surface area contributed by atoms with Gasteiger partial charge in [-0.3, -0.25) is 4.98 Å². The fourth-order valence-electron chi connectivity index (χ4n) is 5.37. The highest BCUT2D eigenvalue weighted by Crippen LogP contribution is 2.41. The Labute approximate surface area is 259 Å². The smallest absolute Gasteiger partial charge is 0.119 e. The molecule has 0 fully saturated rings. The molecule has 7 aromatic rings. The molecule has 7 rings (SSSR count). The van der Waals surface area contributed by atoms with Gasteiger partial charge in [0.15, 0.2) is 0 Å². The third-order valence-corrected chi connectivity index (χ3v) is 9.67. The molecule has 0 radical (unpaired) electrons. The molecule has 6 heteroatoms. The SMILES string of the molecule is CCOc1ccc(N(c2ccc(OCC)cc2)c2ccc(-c3ccc(-c4ccc5c(c4)sc4cnccc45)s3)cc2)cc1. The van der Waals surface area contributed by atoms with Crippen molar-refractivity contribution in [2.45, 2.75) is 13.8 Å². The van der Waals surface area contributed by atoms with E-state index in [9.17, 15) is 0 Å². The van der Waals surface area contributed by atoms with E-state index in [2.05, 4.69) is 94.8 Å². The van der Waals surface area contributed by atoms with Gasteiger partial charge in [0.25, 0.3) is 0 Å². The molecular weight excluding hydrogens is 569 g/mol. The van der Waals surface area contributed by atoms with Gasteiger partial charge in [0.1, 0.15) is 11.5 Å². The maximum Gasteiger partial charge on any atom is 0.119 e. The molecule has 0 N–H and O–H groups in total. The summed E-state index contributed by atoms with van der Waals surface area (Å²) < 4.78 is 13.9. The minimum absolute atomic E-state index is 0.644. The highest BCUT2D eigenvalue weighted by atomic mass is 32.1. The summed E-state index contributed by atoms with van der Waals surface area (Å²) >= 11 is 3.63. The number of aromatic nitrogens is 1. The Balaban J connectivity index is 1.19. The summed E-state index contributed by atoms with van der Waals surface area (Å²) in [5, 5.41) is 2.57. The molecule has 3 heterocycles. The van der Waals surface area contributed by atoms with Gasteiger partial charge in [-0.2, -0.15) is 0 Å². The van der Waals surface area contributed by atoms with Crippen LogP contribution in [0.5, 0.6) is 11.5 Å². The topological polar surface area (TPSA) is 34.6 Å². The highest BCUT2D eigenvalue weighted by Gasteiger charge is 2.14. The van der Waals surface area contributed by atoms with Crippen LogP contribution in [0.25, 0.3) is 41.1 Å². The Morgan fingerprint density at radius 1 is 0.558 bits per heavy atom. The van der Waals surface area contributed by atoms with E-state index in [0.717, 1.165) is 28.6 Å². The first kappa shape index (κ1) is 27.2. The average Bonchev–Trinajstić information content (AvgIpc) is 3.69. The van der Waals surface area contributed by atoms with Crippen molar-refractivity contribution in [3.63, 3.8) is 0 Å². The molecule has 4 nitrogen and oxygen atoms in total. The molecule has 0 unspecified atom stereocenters. The van der Waals surface area contributed by atoms with Crippen molar-refractivity contribution in [1.29, 1.82) is 0 Å². The standard InChI is InChI=1S/C37H30N2O2S2/c1-3-40-30-14-10-28(11-15-30)39(29-12-16-31(17-13-29)41-4-2)27-8-5-25(6-9-27)34-19-20-35(42-34)26-7-18-32-33-21-22-38-24-37(33)43-36(32)23-26/h5-24H,3-4H2,1-2H3. The van der Waals surface area contributed by atoms with E-state index < -0.39 is 0 Å². The Kier molecular flexibility index (Phi) is 7.54. The number of anilines is 3. The largest absolute Gasteiger partial charge is 0.494 e. The second-order valence-electron chi connectivity index (χ2n) is 10.1. The van der Waals surface area contributed by atoms with Crippen LogP contribution in [0.15, 0.2) is 122 Å². The Morgan fingerprint density at radius 2 is 1.09 bits per heavy atom. The van der Waals surface area contributed by atoms with Gasteiger partial charge in [0.05, 0.1) is 17.9 Å². The second kappa shape index (κ2) is 11.9. The van der Waals surface area contributed by atoms with Gasteiger partial charge < -0.3 is 14.4 Å². The van der Waals surface area contributed by atoms with Crippen LogP contribution in [0.2, 0.25) is 0 Å². The number of thiophene rings is 2. The summed E-state index contributed by atoms with van der Waals surface area (Å²) in [7, 11) is 0. The molecule has 0 aliphatic carbocycles. The monoisotopic (exact) mass is 598 g/mol. The molecule has 0 spiro atoms. The molecule has 4 aromatic carbocycles. The predicted molar refractivity (Wildman–Crippen MR) is 183 cm³/mol. The van der Waals surface area contributed by atoms with Crippen molar-refractivity contribution < 1.29 is 9.47 Å². The van der Waals surface area contributed by atoms with E-state index in [0.29, 0.717) is 13.2 Å². The zero-order valence-electron chi connectivity index (χ0n) is 24.0. The average molecular weight is 599 g/mol. The Hall–Kier alpha value is -4.65. The summed E-state index contributed by atoms with van der Waals surface area (Å²) in [6, 6.07) is 38.7. The molecule has 0 atom stereocenters. The van der Waals surface area contributed by atoms with Crippen LogP contribution in [-0.4, -0.2) is 18.2 Å². The number of nitrogens with zero attached hydrogens (tertiary/aromatic N) is 2. The van der Waals surface area contributed by atoms with Crippen LogP contribution in [0.1, 0.15) is 13.8 Å². The molecule has 0 amide bonds. The number of fused-ring (bicyclic) bond motifs is 3. The highest BCUT2D eigenvalue weighted by molar-refractivity contribution is 7.25. The molecule has 0 saturated heterocycles. The lowest BCUT2D eigenvalue weighted by Gasteiger charge is -2.26. The number of pyridine rings is 1. The summed E-state index contributed by atoms with van der Waals surface area (Å²) in [4.78, 5) is 9.06. The first-order chi connectivity index (χ1) is 21.2. The second-order valence-corrected chi connectivity index (χ2v) is 12.3. The first-order valence-electron chi connectivity index (χ1n) is 14.4. The summed E-state index contributed by atoms with van der Waals surface area (Å²) in [6.45, 7) is 5.29. The van der Waals surface area contributed by atoms with Gasteiger partial charge in [-0.05, 0) is 110 Å². The predicted octanol–water partition coefficient (Wildman–Crippen LogP) is 11.1. The lowest BCUT2D eigenvalue weighted by molar-refractivity contribution is 0.340. The van der Waals surface area contributed by atoms with Gasteiger partial charge in [0.2, 0.25) is 0 Å². The van der Waals surface area contributed by atoms with Crippen LogP contribution in [-0.2, 0) is 0 Å². The van der Waals surface area contributed by atoms with Crippen LogP contribution >= 0.6 is 22.7 Å². The number of rotatable bonds is 9. The normalized spacial score (nSPS) is 11.2. The van der Waals surface area contributed by atoms with Gasteiger partial charge in [-0.25, -0.2) is 0 Å². The number of hydrogen-bond donors (Lipinski definition) is 0. The van der Waals surface area contributed by atoms with E-state index in [1.54, 1.807) is 11.3 Å². The third kappa shape index (κ3) is 5.47. The van der Waals surface area contributed by atoms with Gasteiger partial charge in [-0.15, -0.1) is 22.7 Å². The molecular formula is C37H30N2O2S2. The summed E-state index contributed by atoms with van der Waals surface area (Å²) in [6.07, 6.45) is 3.83. The van der Waals surface area contributed by atoms with Crippen LogP contribution in [0.4, 0.5) is 17.1 Å². The van der Waals surface area contributed by atoms with Gasteiger partial charge in [-0.1, -0.05) is 24.3 Å². The van der Waals surface area contributed by atoms with E-state index in [-0.39, 0.29) is 0 Å². The first-order valence-corrected chi connectivity index (χ1v) is 16.1. The quantitative estimate of drug-likeness (QED) is 0.166. The zero-order chi connectivity index (χ0) is 29.2. The van der Waals surface area contributed by atoms with E-state index in [1.165, 1.54) is 41.1 Å². The van der Waals surface area contributed by atoms with Crippen molar-refractivity contribution in [3.8, 4) is 32.4 Å². The van der Waals surface area contributed by atoms with E-state index >= 15 is 0 Å². The van der Waals surface area contributed by atoms with Crippen LogP contribution in [0, 0.1) is 0 Å². The van der Waals surface area contributed by atoms with Crippen molar-refractivity contribution in [2.24, 2.45) is 0 Å². The molecule has 0 aliphatic rings. The van der Waals surface area contributed by atoms with E-state index in [4.69, 9.17) is 9.47 Å². The van der Waals surface area contributed by atoms with Crippen molar-refractivity contribution in [3.05, 3.63) is 122 Å². The number of ether oxygens (including phenoxy) is 2. The van der Waals surface area contributed by atoms with Gasteiger partial charge >= 0.3 is 0 Å². The van der Waals surface area contributed by atoms with E-state index in [1.807, 2.05) is 61.8 Å². The summed E-state index contributed by atoms with van der Waals surface area (Å²) in [5.74, 6) is 1.73. The minimum Gasteiger partial charge on any atom is -0.494 e. The minimum atomic E-state index is 0.644. The zero-order valence-corrected chi connectivity index (χ0v) is 25.6. The Morgan fingerprint density at radius 3 is 1.70 bits per heavy atom. The molecule has 0 bridgehead atoms. The lowest BCUT2D eigenvalue weighted by atomic mass is 10.1. The summed E-state index contributed by atoms with van der Waals surface area (Å²) in [5.41, 5.74) is 5.65. The molecule has 0 aliphatic heterocycles. The molecule has 43 heavy (non-hydrogen) atoms. The fraction of sp³-hybridized carbons (Fsp3) is 0.108. The maximum atomic E-state index is 5.69. The number of benzene rings is 4. The Bertz CT molecular complexity index is 1940. The van der Waals surface area contributed by atoms with Gasteiger partial charge in [0, 0.05) is 54.7 Å². The maximum absolute atomic E-state index is 5.69. The van der Waals surface area contributed by atoms with Crippen LogP contribution in [0.3, 0.4) is 0 Å².